The van der Waals surface area contributed by atoms with Crippen LogP contribution < -0.4 is 10.5 Å². The zero-order chi connectivity index (χ0) is 15.9. The molecule has 0 saturated carbocycles. The summed E-state index contributed by atoms with van der Waals surface area (Å²) < 4.78 is 10.4. The van der Waals surface area contributed by atoms with E-state index in [9.17, 15) is 4.79 Å². The van der Waals surface area contributed by atoms with E-state index < -0.39 is 0 Å². The zero-order valence-corrected chi connectivity index (χ0v) is 13.0. The molecular formula is C18H21NO3. The van der Waals surface area contributed by atoms with Crippen molar-refractivity contribution in [1.29, 1.82) is 0 Å². The quantitative estimate of drug-likeness (QED) is 0.833. The molecular weight excluding hydrogens is 278 g/mol. The Morgan fingerprint density at radius 2 is 1.86 bits per heavy atom. The van der Waals surface area contributed by atoms with Gasteiger partial charge in [-0.15, -0.1) is 0 Å². The fraction of sp³-hybridized carbons (Fsp3) is 0.278. The van der Waals surface area contributed by atoms with E-state index in [2.05, 4.69) is 12.1 Å². The number of rotatable bonds is 6. The van der Waals surface area contributed by atoms with Gasteiger partial charge in [0.15, 0.2) is 0 Å². The molecule has 0 amide bonds. The molecule has 0 radical (unpaired) electrons. The minimum atomic E-state index is -0.342. The molecule has 0 heterocycles. The lowest BCUT2D eigenvalue weighted by molar-refractivity contribution is 0.0526. The number of benzene rings is 2. The van der Waals surface area contributed by atoms with Crippen LogP contribution in [0.5, 0.6) is 5.75 Å². The molecule has 0 saturated heterocycles. The van der Waals surface area contributed by atoms with Crippen LogP contribution in [0.2, 0.25) is 0 Å². The van der Waals surface area contributed by atoms with Gasteiger partial charge in [0.05, 0.1) is 19.3 Å². The monoisotopic (exact) mass is 299 g/mol. The highest BCUT2D eigenvalue weighted by atomic mass is 16.5. The molecule has 0 atom stereocenters. The molecule has 2 aromatic rings. The molecule has 116 valence electrons. The third-order valence-electron chi connectivity index (χ3n) is 3.41. The highest BCUT2D eigenvalue weighted by molar-refractivity contribution is 5.91. The Morgan fingerprint density at radius 3 is 2.45 bits per heavy atom. The molecule has 0 bridgehead atoms. The first-order valence-electron chi connectivity index (χ1n) is 7.34. The van der Waals surface area contributed by atoms with Crippen LogP contribution in [0.15, 0.2) is 42.5 Å². The van der Waals surface area contributed by atoms with Gasteiger partial charge in [-0.05, 0) is 49.2 Å². The van der Waals surface area contributed by atoms with Gasteiger partial charge in [-0.2, -0.15) is 0 Å². The molecule has 0 aliphatic heterocycles. The highest BCUT2D eigenvalue weighted by Crippen LogP contribution is 2.31. The van der Waals surface area contributed by atoms with Crippen molar-refractivity contribution in [2.75, 3.05) is 20.3 Å². The summed E-state index contributed by atoms with van der Waals surface area (Å²) in [7, 11) is 1.59. The Labute approximate surface area is 130 Å². The third kappa shape index (κ3) is 3.65. The van der Waals surface area contributed by atoms with Crippen molar-refractivity contribution in [1.82, 2.24) is 0 Å². The molecule has 0 fully saturated rings. The normalized spacial score (nSPS) is 10.3. The molecule has 2 rings (SSSR count). The number of hydrogen-bond donors (Lipinski definition) is 1. The maximum Gasteiger partial charge on any atom is 0.338 e. The first-order chi connectivity index (χ1) is 10.7. The van der Waals surface area contributed by atoms with Gasteiger partial charge in [0.25, 0.3) is 0 Å². The Morgan fingerprint density at radius 1 is 1.14 bits per heavy atom. The number of esters is 1. The Kier molecular flexibility index (Phi) is 5.55. The molecule has 0 aliphatic rings. The van der Waals surface area contributed by atoms with Crippen molar-refractivity contribution < 1.29 is 14.3 Å². The van der Waals surface area contributed by atoms with Gasteiger partial charge in [-0.3, -0.25) is 0 Å². The Hall–Kier alpha value is -2.33. The van der Waals surface area contributed by atoms with Gasteiger partial charge >= 0.3 is 5.97 Å². The van der Waals surface area contributed by atoms with Crippen LogP contribution in [0.3, 0.4) is 0 Å². The summed E-state index contributed by atoms with van der Waals surface area (Å²) in [6.45, 7) is 2.77. The minimum absolute atomic E-state index is 0.342. The average molecular weight is 299 g/mol. The summed E-state index contributed by atoms with van der Waals surface area (Å²) in [6, 6.07) is 13.5. The number of carbonyl (C=O) groups excluding carboxylic acids is 1. The Balaban J connectivity index is 2.32. The number of nitrogens with two attached hydrogens (primary N) is 1. The van der Waals surface area contributed by atoms with Crippen molar-refractivity contribution in [3.63, 3.8) is 0 Å². The predicted molar refractivity (Wildman–Crippen MR) is 87.1 cm³/mol. The number of carbonyl (C=O) groups is 1. The lowest BCUT2D eigenvalue weighted by atomic mass is 10.0. The lowest BCUT2D eigenvalue weighted by Gasteiger charge is -2.11. The van der Waals surface area contributed by atoms with Crippen molar-refractivity contribution in [2.24, 2.45) is 5.73 Å². The molecule has 4 heteroatoms. The van der Waals surface area contributed by atoms with Gasteiger partial charge in [0, 0.05) is 5.56 Å². The van der Waals surface area contributed by atoms with Gasteiger partial charge in [0.1, 0.15) is 5.75 Å². The maximum absolute atomic E-state index is 11.8. The number of hydrogen-bond acceptors (Lipinski definition) is 4. The molecule has 0 unspecified atom stereocenters. The molecule has 0 aliphatic carbocycles. The second-order valence-corrected chi connectivity index (χ2v) is 4.87. The van der Waals surface area contributed by atoms with Crippen LogP contribution >= 0.6 is 0 Å². The summed E-state index contributed by atoms with van der Waals surface area (Å²) in [5.74, 6) is 0.308. The first kappa shape index (κ1) is 16.0. The van der Waals surface area contributed by atoms with E-state index in [4.69, 9.17) is 15.2 Å². The summed E-state index contributed by atoms with van der Waals surface area (Å²) >= 11 is 0. The highest BCUT2D eigenvalue weighted by Gasteiger charge is 2.12. The van der Waals surface area contributed by atoms with Gasteiger partial charge < -0.3 is 15.2 Å². The molecule has 2 aromatic carbocycles. The van der Waals surface area contributed by atoms with E-state index in [0.29, 0.717) is 24.5 Å². The summed E-state index contributed by atoms with van der Waals surface area (Å²) in [6.07, 6.45) is 0.860. The van der Waals surface area contributed by atoms with Crippen LogP contribution in [0.1, 0.15) is 22.8 Å². The fourth-order valence-electron chi connectivity index (χ4n) is 2.29. The third-order valence-corrected chi connectivity index (χ3v) is 3.41. The molecule has 0 spiro atoms. The van der Waals surface area contributed by atoms with Crippen LogP contribution in [-0.4, -0.2) is 26.2 Å². The van der Waals surface area contributed by atoms with Gasteiger partial charge in [-0.1, -0.05) is 24.3 Å². The van der Waals surface area contributed by atoms with Crippen LogP contribution in [0.4, 0.5) is 0 Å². The van der Waals surface area contributed by atoms with Crippen LogP contribution in [0, 0.1) is 0 Å². The number of methoxy groups -OCH3 is 1. The van der Waals surface area contributed by atoms with E-state index in [0.717, 1.165) is 17.5 Å². The zero-order valence-electron chi connectivity index (χ0n) is 13.0. The van der Waals surface area contributed by atoms with E-state index in [-0.39, 0.29) is 5.97 Å². The van der Waals surface area contributed by atoms with Crippen molar-refractivity contribution in [3.05, 3.63) is 53.6 Å². The topological polar surface area (TPSA) is 61.5 Å². The number of ether oxygens (including phenoxy) is 2. The smallest absolute Gasteiger partial charge is 0.338 e. The second kappa shape index (κ2) is 7.61. The van der Waals surface area contributed by atoms with E-state index in [1.807, 2.05) is 18.2 Å². The Bertz CT molecular complexity index is 635. The van der Waals surface area contributed by atoms with Crippen molar-refractivity contribution in [2.45, 2.75) is 13.3 Å². The standard InChI is InChI=1S/C18H21NO3/c1-3-22-18(20)15-8-9-16(17(12-15)21-2)14-6-4-13(5-7-14)10-11-19/h4-9,12H,3,10-11,19H2,1-2H3. The van der Waals surface area contributed by atoms with Crippen molar-refractivity contribution in [3.8, 4) is 16.9 Å². The average Bonchev–Trinajstić information content (AvgIpc) is 2.55. The maximum atomic E-state index is 11.8. The lowest BCUT2D eigenvalue weighted by Crippen LogP contribution is -2.05. The minimum Gasteiger partial charge on any atom is -0.496 e. The molecule has 2 N–H and O–H groups in total. The predicted octanol–water partition coefficient (Wildman–Crippen LogP) is 3.04. The fourth-order valence-corrected chi connectivity index (χ4v) is 2.29. The van der Waals surface area contributed by atoms with Crippen LogP contribution in [0.25, 0.3) is 11.1 Å². The second-order valence-electron chi connectivity index (χ2n) is 4.87. The molecule has 0 aromatic heterocycles. The van der Waals surface area contributed by atoms with Gasteiger partial charge in [0.2, 0.25) is 0 Å². The van der Waals surface area contributed by atoms with Gasteiger partial charge in [-0.25, -0.2) is 4.79 Å². The summed E-state index contributed by atoms with van der Waals surface area (Å²) in [4.78, 5) is 11.8. The summed E-state index contributed by atoms with van der Waals surface area (Å²) in [5.41, 5.74) is 9.23. The first-order valence-corrected chi connectivity index (χ1v) is 7.34. The van der Waals surface area contributed by atoms with E-state index in [1.165, 1.54) is 5.56 Å². The molecule has 4 nitrogen and oxygen atoms in total. The molecule has 22 heavy (non-hydrogen) atoms. The summed E-state index contributed by atoms with van der Waals surface area (Å²) in [5, 5.41) is 0. The van der Waals surface area contributed by atoms with Crippen molar-refractivity contribution >= 4 is 5.97 Å². The van der Waals surface area contributed by atoms with E-state index in [1.54, 1.807) is 26.2 Å². The van der Waals surface area contributed by atoms with E-state index >= 15 is 0 Å². The van der Waals surface area contributed by atoms with Crippen LogP contribution in [-0.2, 0) is 11.2 Å². The largest absolute Gasteiger partial charge is 0.496 e. The SMILES string of the molecule is CCOC(=O)c1ccc(-c2ccc(CCN)cc2)c(OC)c1.